The van der Waals surface area contributed by atoms with Crippen LogP contribution in [0.2, 0.25) is 0 Å². The summed E-state index contributed by atoms with van der Waals surface area (Å²) in [4.78, 5) is 10.1. The topological polar surface area (TPSA) is 53.6 Å². The molecule has 1 unspecified atom stereocenters. The van der Waals surface area contributed by atoms with Crippen molar-refractivity contribution in [2.45, 2.75) is 19.4 Å². The third kappa shape index (κ3) is 2.44. The molecule has 4 nitrogen and oxygen atoms in total. The van der Waals surface area contributed by atoms with Crippen molar-refractivity contribution in [1.82, 2.24) is 15.0 Å². The molecule has 0 aliphatic rings. The van der Waals surface area contributed by atoms with Gasteiger partial charge in [0.05, 0.1) is 6.04 Å². The minimum Gasteiger partial charge on any atom is -0.358 e. The van der Waals surface area contributed by atoms with Crippen LogP contribution in [0.3, 0.4) is 0 Å². The van der Waals surface area contributed by atoms with Crippen LogP contribution < -0.4 is 5.32 Å². The molecule has 0 aliphatic carbocycles. The van der Waals surface area contributed by atoms with E-state index in [9.17, 15) is 13.2 Å². The largest absolute Gasteiger partial charge is 0.358 e. The van der Waals surface area contributed by atoms with Crippen molar-refractivity contribution in [3.63, 3.8) is 0 Å². The number of rotatable bonds is 4. The lowest BCUT2D eigenvalue weighted by molar-refractivity contribution is 0.465. The lowest BCUT2D eigenvalue weighted by Gasteiger charge is -2.15. The maximum absolute atomic E-state index is 13.4. The van der Waals surface area contributed by atoms with Gasteiger partial charge in [0.1, 0.15) is 5.82 Å². The summed E-state index contributed by atoms with van der Waals surface area (Å²) < 4.78 is 39.1. The summed E-state index contributed by atoms with van der Waals surface area (Å²) in [6.07, 6.45) is 3.75. The van der Waals surface area contributed by atoms with E-state index in [0.717, 1.165) is 0 Å². The number of H-pyrrole nitrogens is 1. The number of hydrogen-bond acceptors (Lipinski definition) is 3. The maximum atomic E-state index is 13.4. The zero-order valence-corrected chi connectivity index (χ0v) is 9.54. The van der Waals surface area contributed by atoms with E-state index in [0.29, 0.717) is 18.3 Å². The minimum atomic E-state index is -1.34. The molecule has 0 aliphatic heterocycles. The van der Waals surface area contributed by atoms with E-state index in [2.05, 4.69) is 20.3 Å². The Morgan fingerprint density at radius 1 is 1.33 bits per heavy atom. The van der Waals surface area contributed by atoms with Gasteiger partial charge < -0.3 is 10.3 Å². The van der Waals surface area contributed by atoms with Gasteiger partial charge in [-0.25, -0.2) is 13.8 Å². The van der Waals surface area contributed by atoms with Crippen LogP contribution >= 0.6 is 0 Å². The normalized spacial score (nSPS) is 12.4. The number of aromatic amines is 1. The van der Waals surface area contributed by atoms with Crippen LogP contribution in [0.15, 0.2) is 18.5 Å². The third-order valence-electron chi connectivity index (χ3n) is 2.46. The first-order valence-corrected chi connectivity index (χ1v) is 5.39. The fourth-order valence-corrected chi connectivity index (χ4v) is 1.54. The second kappa shape index (κ2) is 5.07. The highest BCUT2D eigenvalue weighted by atomic mass is 19.2. The molecular formula is C11H11F3N4. The Balaban J connectivity index is 2.25. The Labute approximate surface area is 101 Å². The smallest absolute Gasteiger partial charge is 0.251 e. The molecule has 2 heterocycles. The van der Waals surface area contributed by atoms with Crippen molar-refractivity contribution in [3.05, 3.63) is 41.9 Å². The van der Waals surface area contributed by atoms with Crippen molar-refractivity contribution in [3.8, 4) is 0 Å². The van der Waals surface area contributed by atoms with Crippen LogP contribution in [0.4, 0.5) is 19.0 Å². The lowest BCUT2D eigenvalue weighted by Crippen LogP contribution is -2.14. The number of hydrogen-bond donors (Lipinski definition) is 2. The first-order valence-electron chi connectivity index (χ1n) is 5.39. The second-order valence-electron chi connectivity index (χ2n) is 3.67. The summed E-state index contributed by atoms with van der Waals surface area (Å²) in [5, 5.41) is 2.68. The second-order valence-corrected chi connectivity index (χ2v) is 3.67. The Kier molecular flexibility index (Phi) is 3.50. The number of halogens is 3. The molecule has 2 aromatic rings. The van der Waals surface area contributed by atoms with Crippen molar-refractivity contribution >= 4 is 5.82 Å². The third-order valence-corrected chi connectivity index (χ3v) is 2.46. The molecule has 2 aromatic heterocycles. The van der Waals surface area contributed by atoms with Gasteiger partial charge in [0.15, 0.2) is 17.5 Å². The van der Waals surface area contributed by atoms with E-state index in [4.69, 9.17) is 0 Å². The van der Waals surface area contributed by atoms with Gasteiger partial charge in [-0.3, -0.25) is 0 Å². The molecule has 0 aromatic carbocycles. The predicted molar refractivity (Wildman–Crippen MR) is 59.4 cm³/mol. The first kappa shape index (κ1) is 12.4. The molecule has 0 radical (unpaired) electrons. The SMILES string of the molecule is CCC(Nc1nc(F)c(F)cc1F)c1ncc[nH]1. The maximum Gasteiger partial charge on any atom is 0.251 e. The van der Waals surface area contributed by atoms with Crippen LogP contribution in [0.1, 0.15) is 25.2 Å². The quantitative estimate of drug-likeness (QED) is 0.827. The highest BCUT2D eigenvalue weighted by molar-refractivity contribution is 5.38. The number of pyridine rings is 1. The van der Waals surface area contributed by atoms with Crippen LogP contribution in [0.25, 0.3) is 0 Å². The average Bonchev–Trinajstić information content (AvgIpc) is 2.85. The van der Waals surface area contributed by atoms with Gasteiger partial charge in [-0.15, -0.1) is 0 Å². The molecule has 2 rings (SSSR count). The van der Waals surface area contributed by atoms with Gasteiger partial charge in [0.2, 0.25) is 0 Å². The first-order chi connectivity index (χ1) is 8.61. The van der Waals surface area contributed by atoms with Gasteiger partial charge in [0, 0.05) is 18.5 Å². The molecule has 0 spiro atoms. The van der Waals surface area contributed by atoms with E-state index >= 15 is 0 Å². The van der Waals surface area contributed by atoms with E-state index in [1.807, 2.05) is 6.92 Å². The molecule has 96 valence electrons. The minimum absolute atomic E-state index is 0.336. The fraction of sp³-hybridized carbons (Fsp3) is 0.273. The van der Waals surface area contributed by atoms with Crippen molar-refractivity contribution in [2.24, 2.45) is 0 Å². The summed E-state index contributed by atoms with van der Waals surface area (Å²) >= 11 is 0. The zero-order valence-electron chi connectivity index (χ0n) is 9.54. The molecule has 0 saturated heterocycles. The summed E-state index contributed by atoms with van der Waals surface area (Å²) in [6.45, 7) is 1.85. The van der Waals surface area contributed by atoms with Gasteiger partial charge in [-0.05, 0) is 6.42 Å². The van der Waals surface area contributed by atoms with Crippen LogP contribution in [-0.2, 0) is 0 Å². The highest BCUT2D eigenvalue weighted by Crippen LogP contribution is 2.21. The van der Waals surface area contributed by atoms with Crippen molar-refractivity contribution in [1.29, 1.82) is 0 Å². The standard InChI is InChI=1S/C11H11F3N4/c1-2-8(11-15-3-4-16-11)17-10-7(13)5-6(12)9(14)18-10/h3-5,8H,2H2,1H3,(H,15,16)(H,17,18). The molecule has 18 heavy (non-hydrogen) atoms. The molecule has 0 bridgehead atoms. The van der Waals surface area contributed by atoms with Crippen molar-refractivity contribution < 1.29 is 13.2 Å². The van der Waals surface area contributed by atoms with Crippen LogP contribution in [0, 0.1) is 17.6 Å². The number of nitrogens with zero attached hydrogens (tertiary/aromatic N) is 2. The Morgan fingerprint density at radius 2 is 2.11 bits per heavy atom. The van der Waals surface area contributed by atoms with Gasteiger partial charge in [-0.2, -0.15) is 9.37 Å². The molecule has 0 amide bonds. The summed E-state index contributed by atoms with van der Waals surface area (Å²) in [5.74, 6) is -3.36. The lowest BCUT2D eigenvalue weighted by atomic mass is 10.2. The summed E-state index contributed by atoms with van der Waals surface area (Å²) in [7, 11) is 0. The Bertz CT molecular complexity index is 527. The number of anilines is 1. The van der Waals surface area contributed by atoms with E-state index < -0.39 is 17.6 Å². The molecule has 0 fully saturated rings. The number of imidazole rings is 1. The Morgan fingerprint density at radius 3 is 2.72 bits per heavy atom. The van der Waals surface area contributed by atoms with E-state index in [-0.39, 0.29) is 11.9 Å². The monoisotopic (exact) mass is 256 g/mol. The van der Waals surface area contributed by atoms with E-state index in [1.54, 1.807) is 12.4 Å². The molecule has 2 N–H and O–H groups in total. The Hall–Kier alpha value is -2.05. The number of nitrogens with one attached hydrogen (secondary N) is 2. The van der Waals surface area contributed by atoms with Crippen LogP contribution in [0.5, 0.6) is 0 Å². The summed E-state index contributed by atoms with van der Waals surface area (Å²) in [5.41, 5.74) is 0. The van der Waals surface area contributed by atoms with Crippen molar-refractivity contribution in [2.75, 3.05) is 5.32 Å². The van der Waals surface area contributed by atoms with Gasteiger partial charge in [-0.1, -0.05) is 6.92 Å². The number of aromatic nitrogens is 3. The molecular weight excluding hydrogens is 245 g/mol. The van der Waals surface area contributed by atoms with Gasteiger partial charge in [0.25, 0.3) is 5.95 Å². The van der Waals surface area contributed by atoms with E-state index in [1.165, 1.54) is 0 Å². The molecule has 0 saturated carbocycles. The predicted octanol–water partition coefficient (Wildman–Crippen LogP) is 2.79. The zero-order chi connectivity index (χ0) is 13.1. The van der Waals surface area contributed by atoms with Crippen LogP contribution in [-0.4, -0.2) is 15.0 Å². The molecule has 1 atom stereocenters. The molecule has 7 heteroatoms. The summed E-state index contributed by atoms with van der Waals surface area (Å²) in [6, 6.07) is 0.103. The highest BCUT2D eigenvalue weighted by Gasteiger charge is 2.17. The fourth-order valence-electron chi connectivity index (χ4n) is 1.54. The average molecular weight is 256 g/mol. The van der Waals surface area contributed by atoms with Gasteiger partial charge >= 0.3 is 0 Å².